The molecule has 0 aliphatic carbocycles. The first-order valence-corrected chi connectivity index (χ1v) is 7.36. The third kappa shape index (κ3) is 3.20. The first-order chi connectivity index (χ1) is 11.2. The number of imidazole rings is 1. The molecule has 8 heteroatoms. The maximum Gasteiger partial charge on any atom is 0.165 e. The molecule has 0 fully saturated rings. The van der Waals surface area contributed by atoms with Gasteiger partial charge in [0.25, 0.3) is 0 Å². The molecule has 0 saturated heterocycles. The van der Waals surface area contributed by atoms with Gasteiger partial charge in [-0.3, -0.25) is 0 Å². The van der Waals surface area contributed by atoms with Crippen molar-refractivity contribution in [1.29, 1.82) is 0 Å². The number of benzene rings is 1. The number of anilines is 2. The molecule has 0 radical (unpaired) electrons. The number of aromatic nitrogens is 4. The Balaban J connectivity index is 1.98. The Morgan fingerprint density at radius 2 is 2.09 bits per heavy atom. The zero-order chi connectivity index (χ0) is 16.2. The second-order valence-corrected chi connectivity index (χ2v) is 5.23. The van der Waals surface area contributed by atoms with Crippen molar-refractivity contribution in [3.05, 3.63) is 35.9 Å². The highest BCUT2D eigenvalue weighted by molar-refractivity contribution is 6.31. The highest BCUT2D eigenvalue weighted by Gasteiger charge is 2.12. The number of rotatable bonds is 6. The summed E-state index contributed by atoms with van der Waals surface area (Å²) in [5.74, 6) is 1.26. The molecule has 1 N–H and O–H groups in total. The summed E-state index contributed by atoms with van der Waals surface area (Å²) in [7, 11) is 3.26. The van der Waals surface area contributed by atoms with E-state index in [1.807, 2.05) is 4.57 Å². The average Bonchev–Trinajstić information content (AvgIpc) is 2.97. The van der Waals surface area contributed by atoms with Crippen molar-refractivity contribution in [3.63, 3.8) is 0 Å². The van der Waals surface area contributed by atoms with Crippen LogP contribution in [0.2, 0.25) is 5.02 Å². The first kappa shape index (κ1) is 15.5. The van der Waals surface area contributed by atoms with Gasteiger partial charge in [0.05, 0.1) is 25.7 Å². The highest BCUT2D eigenvalue weighted by atomic mass is 35.5. The number of nitrogens with one attached hydrogen (secondary N) is 1. The minimum absolute atomic E-state index is 0.584. The lowest BCUT2D eigenvalue weighted by molar-refractivity contribution is 0.188. The van der Waals surface area contributed by atoms with Gasteiger partial charge in [0.15, 0.2) is 17.0 Å². The third-order valence-electron chi connectivity index (χ3n) is 3.35. The van der Waals surface area contributed by atoms with Gasteiger partial charge in [0.1, 0.15) is 12.1 Å². The van der Waals surface area contributed by atoms with Crippen LogP contribution in [0.5, 0.6) is 5.75 Å². The molecule has 1 aromatic carbocycles. The minimum atomic E-state index is 0.584. The largest absolute Gasteiger partial charge is 0.495 e. The van der Waals surface area contributed by atoms with Crippen LogP contribution in [0.3, 0.4) is 0 Å². The SMILES string of the molecule is COCCn1cnc2c(Nc3cc(Cl)ccc3OC)ncnc21. The van der Waals surface area contributed by atoms with Crippen molar-refractivity contribution in [2.45, 2.75) is 6.54 Å². The molecule has 3 rings (SSSR count). The lowest BCUT2D eigenvalue weighted by Crippen LogP contribution is -2.04. The van der Waals surface area contributed by atoms with Gasteiger partial charge in [-0.1, -0.05) is 11.6 Å². The van der Waals surface area contributed by atoms with Gasteiger partial charge < -0.3 is 19.4 Å². The Labute approximate surface area is 138 Å². The van der Waals surface area contributed by atoms with E-state index < -0.39 is 0 Å². The summed E-state index contributed by atoms with van der Waals surface area (Å²) < 4.78 is 12.3. The monoisotopic (exact) mass is 333 g/mol. The molecule has 2 heterocycles. The van der Waals surface area contributed by atoms with Crippen molar-refractivity contribution in [3.8, 4) is 5.75 Å². The fourth-order valence-corrected chi connectivity index (χ4v) is 2.40. The maximum atomic E-state index is 6.06. The molecule has 0 bridgehead atoms. The second kappa shape index (κ2) is 6.80. The first-order valence-electron chi connectivity index (χ1n) is 6.98. The van der Waals surface area contributed by atoms with E-state index in [2.05, 4.69) is 20.3 Å². The Hall–Kier alpha value is -2.38. The number of ether oxygens (including phenoxy) is 2. The van der Waals surface area contributed by atoms with Gasteiger partial charge in [-0.15, -0.1) is 0 Å². The van der Waals surface area contributed by atoms with E-state index in [1.165, 1.54) is 6.33 Å². The third-order valence-corrected chi connectivity index (χ3v) is 3.59. The van der Waals surface area contributed by atoms with Gasteiger partial charge >= 0.3 is 0 Å². The number of nitrogens with zero attached hydrogens (tertiary/aromatic N) is 4. The lowest BCUT2D eigenvalue weighted by Gasteiger charge is -2.11. The number of halogens is 1. The Morgan fingerprint density at radius 1 is 1.22 bits per heavy atom. The smallest absolute Gasteiger partial charge is 0.165 e. The zero-order valence-corrected chi connectivity index (χ0v) is 13.5. The van der Waals surface area contributed by atoms with Crippen molar-refractivity contribution in [2.24, 2.45) is 0 Å². The van der Waals surface area contributed by atoms with Gasteiger partial charge in [-0.25, -0.2) is 15.0 Å². The van der Waals surface area contributed by atoms with Crippen LogP contribution in [0.15, 0.2) is 30.9 Å². The minimum Gasteiger partial charge on any atom is -0.495 e. The lowest BCUT2D eigenvalue weighted by atomic mass is 10.3. The molecular formula is C15H16ClN5O2. The summed E-state index contributed by atoms with van der Waals surface area (Å²) in [5.41, 5.74) is 2.12. The Kier molecular flexibility index (Phi) is 4.59. The van der Waals surface area contributed by atoms with Gasteiger partial charge in [0, 0.05) is 18.7 Å². The number of hydrogen-bond donors (Lipinski definition) is 1. The van der Waals surface area contributed by atoms with Crippen molar-refractivity contribution < 1.29 is 9.47 Å². The molecule has 0 saturated carbocycles. The van der Waals surface area contributed by atoms with E-state index in [4.69, 9.17) is 21.1 Å². The summed E-state index contributed by atoms with van der Waals surface area (Å²) in [6, 6.07) is 5.33. The molecule has 120 valence electrons. The van der Waals surface area contributed by atoms with Crippen LogP contribution < -0.4 is 10.1 Å². The topological polar surface area (TPSA) is 74.1 Å². The van der Waals surface area contributed by atoms with Gasteiger partial charge in [0.2, 0.25) is 0 Å². The van der Waals surface area contributed by atoms with Crippen LogP contribution in [0, 0.1) is 0 Å². The van der Waals surface area contributed by atoms with E-state index >= 15 is 0 Å². The molecule has 0 spiro atoms. The van der Waals surface area contributed by atoms with E-state index in [9.17, 15) is 0 Å². The van der Waals surface area contributed by atoms with Gasteiger partial charge in [-0.2, -0.15) is 0 Å². The Bertz CT molecular complexity index is 821. The van der Waals surface area contributed by atoms with Crippen LogP contribution in [-0.4, -0.2) is 40.3 Å². The summed E-state index contributed by atoms with van der Waals surface area (Å²) in [4.78, 5) is 13.0. The van der Waals surface area contributed by atoms with Crippen molar-refractivity contribution >= 4 is 34.3 Å². The molecular weight excluding hydrogens is 318 g/mol. The summed E-state index contributed by atoms with van der Waals surface area (Å²) in [5, 5.41) is 3.81. The molecule has 0 amide bonds. The Morgan fingerprint density at radius 3 is 2.87 bits per heavy atom. The fourth-order valence-electron chi connectivity index (χ4n) is 2.23. The normalized spacial score (nSPS) is 10.9. The van der Waals surface area contributed by atoms with E-state index in [0.29, 0.717) is 40.9 Å². The number of hydrogen-bond acceptors (Lipinski definition) is 6. The molecule has 2 aromatic heterocycles. The average molecular weight is 334 g/mol. The second-order valence-electron chi connectivity index (χ2n) is 4.79. The predicted molar refractivity (Wildman–Crippen MR) is 88.5 cm³/mol. The number of methoxy groups -OCH3 is 2. The van der Waals surface area contributed by atoms with Crippen molar-refractivity contribution in [2.75, 3.05) is 26.1 Å². The van der Waals surface area contributed by atoms with E-state index in [0.717, 1.165) is 5.65 Å². The molecule has 23 heavy (non-hydrogen) atoms. The quantitative estimate of drug-likeness (QED) is 0.747. The maximum absolute atomic E-state index is 6.06. The summed E-state index contributed by atoms with van der Waals surface area (Å²) in [6.45, 7) is 1.25. The highest BCUT2D eigenvalue weighted by Crippen LogP contribution is 2.31. The molecule has 0 unspecified atom stereocenters. The van der Waals surface area contributed by atoms with Crippen molar-refractivity contribution in [1.82, 2.24) is 19.5 Å². The van der Waals surface area contributed by atoms with E-state index in [1.54, 1.807) is 38.7 Å². The van der Waals surface area contributed by atoms with Crippen LogP contribution in [0.1, 0.15) is 0 Å². The summed E-state index contributed by atoms with van der Waals surface area (Å²) in [6.07, 6.45) is 3.21. The number of fused-ring (bicyclic) bond motifs is 1. The van der Waals surface area contributed by atoms with Crippen LogP contribution in [-0.2, 0) is 11.3 Å². The van der Waals surface area contributed by atoms with Crippen LogP contribution in [0.25, 0.3) is 11.2 Å². The van der Waals surface area contributed by atoms with Crippen LogP contribution in [0.4, 0.5) is 11.5 Å². The summed E-state index contributed by atoms with van der Waals surface area (Å²) >= 11 is 6.06. The molecule has 0 atom stereocenters. The van der Waals surface area contributed by atoms with Gasteiger partial charge in [-0.05, 0) is 18.2 Å². The molecule has 0 aliphatic heterocycles. The van der Waals surface area contributed by atoms with Crippen LogP contribution >= 0.6 is 11.6 Å². The van der Waals surface area contributed by atoms with E-state index in [-0.39, 0.29) is 0 Å². The predicted octanol–water partition coefficient (Wildman–Crippen LogP) is 2.88. The molecule has 3 aromatic rings. The zero-order valence-electron chi connectivity index (χ0n) is 12.8. The standard InChI is InChI=1S/C15H16ClN5O2/c1-22-6-5-21-9-19-13-14(17-8-18-15(13)21)20-11-7-10(16)3-4-12(11)23-2/h3-4,7-9H,5-6H2,1-2H3,(H,17,18,20). The molecule has 7 nitrogen and oxygen atoms in total. The fraction of sp³-hybridized carbons (Fsp3) is 0.267. The molecule has 0 aliphatic rings.